The Morgan fingerprint density at radius 3 is 2.79 bits per heavy atom. The van der Waals surface area contributed by atoms with Crippen LogP contribution in [-0.4, -0.2) is 63.7 Å². The quantitative estimate of drug-likeness (QED) is 0.913. The summed E-state index contributed by atoms with van der Waals surface area (Å²) in [7, 11) is 1.82. The number of piperidine rings is 1. The fourth-order valence-corrected chi connectivity index (χ4v) is 3.90. The van der Waals surface area contributed by atoms with E-state index in [9.17, 15) is 9.59 Å². The molecule has 0 spiro atoms. The van der Waals surface area contributed by atoms with E-state index in [4.69, 9.17) is 0 Å². The highest BCUT2D eigenvalue weighted by Crippen LogP contribution is 2.23. The van der Waals surface area contributed by atoms with Crippen molar-refractivity contribution in [3.8, 4) is 0 Å². The molecule has 0 radical (unpaired) electrons. The van der Waals surface area contributed by atoms with Gasteiger partial charge in [0, 0.05) is 25.8 Å². The van der Waals surface area contributed by atoms with E-state index >= 15 is 0 Å². The van der Waals surface area contributed by atoms with E-state index in [1.807, 2.05) is 29.6 Å². The molecule has 0 unspecified atom stereocenters. The predicted molar refractivity (Wildman–Crippen MR) is 91.0 cm³/mol. The number of aryl methyl sites for hydroxylation is 1. The largest absolute Gasteiger partial charge is 0.335 e. The zero-order valence-electron chi connectivity index (χ0n) is 15.0. The Morgan fingerprint density at radius 2 is 2.12 bits per heavy atom. The Bertz CT molecular complexity index is 637. The summed E-state index contributed by atoms with van der Waals surface area (Å²) >= 11 is 0. The van der Waals surface area contributed by atoms with Gasteiger partial charge in [-0.15, -0.1) is 0 Å². The first kappa shape index (κ1) is 16.8. The number of likely N-dealkylation sites (tertiary alicyclic amines) is 1. The predicted octanol–water partition coefficient (Wildman–Crippen LogP) is 1.79. The van der Waals surface area contributed by atoms with E-state index in [0.29, 0.717) is 24.8 Å². The summed E-state index contributed by atoms with van der Waals surface area (Å²) in [5.41, 5.74) is 1.53. The van der Waals surface area contributed by atoms with Gasteiger partial charge in [0.25, 0.3) is 5.91 Å². The van der Waals surface area contributed by atoms with Gasteiger partial charge >= 0.3 is 6.03 Å². The number of hydrogen-bond acceptors (Lipinski definition) is 3. The van der Waals surface area contributed by atoms with Crippen LogP contribution in [0.1, 0.15) is 55.3 Å². The number of urea groups is 1. The third-order valence-electron chi connectivity index (χ3n) is 5.42. The second kappa shape index (κ2) is 6.45. The van der Waals surface area contributed by atoms with E-state index in [1.54, 1.807) is 4.90 Å². The lowest BCUT2D eigenvalue weighted by Gasteiger charge is -2.35. The van der Waals surface area contributed by atoms with Crippen LogP contribution in [0.2, 0.25) is 0 Å². The fraction of sp³-hybridized carbons (Fsp3) is 0.706. The molecule has 0 saturated carbocycles. The summed E-state index contributed by atoms with van der Waals surface area (Å²) in [4.78, 5) is 28.2. The summed E-state index contributed by atoms with van der Waals surface area (Å²) in [6.45, 7) is 7.49. The monoisotopic (exact) mass is 333 g/mol. The molecule has 7 heteroatoms. The van der Waals surface area contributed by atoms with Gasteiger partial charge in [0.2, 0.25) is 0 Å². The number of hydrogen-bond donors (Lipinski definition) is 1. The highest BCUT2D eigenvalue weighted by atomic mass is 16.2. The van der Waals surface area contributed by atoms with Crippen molar-refractivity contribution in [2.24, 2.45) is 0 Å². The van der Waals surface area contributed by atoms with Gasteiger partial charge in [-0.1, -0.05) is 13.8 Å². The van der Waals surface area contributed by atoms with Crippen molar-refractivity contribution < 1.29 is 9.59 Å². The van der Waals surface area contributed by atoms with E-state index in [2.05, 4.69) is 24.3 Å². The molecule has 3 heterocycles. The van der Waals surface area contributed by atoms with Crippen molar-refractivity contribution in [3.05, 3.63) is 17.5 Å². The van der Waals surface area contributed by atoms with Crippen LogP contribution in [0.25, 0.3) is 0 Å². The van der Waals surface area contributed by atoms with Crippen LogP contribution in [0.5, 0.6) is 0 Å². The lowest BCUT2D eigenvalue weighted by molar-refractivity contribution is 0.0659. The lowest BCUT2D eigenvalue weighted by atomic mass is 10.00. The maximum absolute atomic E-state index is 12.8. The molecule has 2 aliphatic heterocycles. The molecule has 2 aliphatic rings. The maximum Gasteiger partial charge on any atom is 0.317 e. The van der Waals surface area contributed by atoms with Crippen LogP contribution in [0.3, 0.4) is 0 Å². The third kappa shape index (κ3) is 2.76. The average molecular weight is 333 g/mol. The zero-order valence-corrected chi connectivity index (χ0v) is 15.0. The highest BCUT2D eigenvalue weighted by molar-refractivity contribution is 5.92. The summed E-state index contributed by atoms with van der Waals surface area (Å²) in [6, 6.07) is 2.37. The number of nitrogens with zero attached hydrogens (tertiary/aromatic N) is 4. The van der Waals surface area contributed by atoms with Crippen molar-refractivity contribution in [2.45, 2.75) is 58.2 Å². The molecule has 3 amide bonds. The molecule has 24 heavy (non-hydrogen) atoms. The van der Waals surface area contributed by atoms with Crippen molar-refractivity contribution in [2.75, 3.05) is 20.1 Å². The van der Waals surface area contributed by atoms with Crippen LogP contribution in [0, 0.1) is 6.92 Å². The van der Waals surface area contributed by atoms with Gasteiger partial charge < -0.3 is 15.1 Å². The number of nitrogens with one attached hydrogen (secondary N) is 1. The van der Waals surface area contributed by atoms with Crippen molar-refractivity contribution in [3.63, 3.8) is 0 Å². The molecular formula is C17H27N5O2. The Labute approximate surface area is 143 Å². The van der Waals surface area contributed by atoms with Crippen molar-refractivity contribution in [1.82, 2.24) is 24.9 Å². The van der Waals surface area contributed by atoms with Gasteiger partial charge in [-0.2, -0.15) is 5.10 Å². The summed E-state index contributed by atoms with van der Waals surface area (Å²) < 4.78 is 1.98. The second-order valence-corrected chi connectivity index (χ2v) is 6.86. The van der Waals surface area contributed by atoms with Crippen LogP contribution in [-0.2, 0) is 0 Å². The average Bonchev–Trinajstić information content (AvgIpc) is 3.09. The summed E-state index contributed by atoms with van der Waals surface area (Å²) in [5.74, 6) is -0.0370. The van der Waals surface area contributed by atoms with E-state index in [1.165, 1.54) is 0 Å². The molecule has 0 aliphatic carbocycles. The molecule has 2 fully saturated rings. The van der Waals surface area contributed by atoms with Crippen LogP contribution in [0.4, 0.5) is 4.79 Å². The molecule has 7 nitrogen and oxygen atoms in total. The molecule has 1 aromatic rings. The normalized spacial score (nSPS) is 23.6. The molecule has 2 saturated heterocycles. The van der Waals surface area contributed by atoms with Gasteiger partial charge in [-0.25, -0.2) is 4.79 Å². The minimum absolute atomic E-state index is 0.0161. The number of aromatic nitrogens is 2. The molecule has 1 N–H and O–H groups in total. The first-order valence-electron chi connectivity index (χ1n) is 8.85. The number of carbonyl (C=O) groups is 2. The molecule has 132 valence electrons. The smallest absolute Gasteiger partial charge is 0.317 e. The van der Waals surface area contributed by atoms with E-state index in [-0.39, 0.29) is 24.0 Å². The van der Waals surface area contributed by atoms with Crippen molar-refractivity contribution >= 4 is 11.9 Å². The van der Waals surface area contributed by atoms with E-state index in [0.717, 1.165) is 25.0 Å². The number of amides is 3. The Hall–Kier alpha value is -2.05. The van der Waals surface area contributed by atoms with Gasteiger partial charge in [0.05, 0.1) is 18.1 Å². The summed E-state index contributed by atoms with van der Waals surface area (Å²) in [6.07, 6.45) is 2.80. The number of carbonyl (C=O) groups excluding carboxylic acids is 2. The highest BCUT2D eigenvalue weighted by Gasteiger charge is 2.42. The second-order valence-electron chi connectivity index (χ2n) is 6.86. The molecule has 0 aromatic carbocycles. The lowest BCUT2D eigenvalue weighted by Crippen LogP contribution is -2.52. The fourth-order valence-electron chi connectivity index (χ4n) is 3.90. The van der Waals surface area contributed by atoms with Crippen molar-refractivity contribution in [1.29, 1.82) is 0 Å². The molecule has 2 atom stereocenters. The Balaban J connectivity index is 1.74. The first-order chi connectivity index (χ1) is 11.5. The standard InChI is InChI=1S/C17H27N5O2/c1-5-12(6-2)22-11(3)9-13(19-22)16(23)21-8-7-15-14(10-21)18-17(24)20(15)4/h9,12,14-15H,5-8,10H2,1-4H3,(H,18,24)/t14-,15+/m1/s1. The first-order valence-corrected chi connectivity index (χ1v) is 8.85. The molecular weight excluding hydrogens is 306 g/mol. The Kier molecular flexibility index (Phi) is 4.51. The summed E-state index contributed by atoms with van der Waals surface area (Å²) in [5, 5.41) is 7.53. The van der Waals surface area contributed by atoms with Gasteiger partial charge in [0.1, 0.15) is 0 Å². The molecule has 0 bridgehead atoms. The van der Waals surface area contributed by atoms with E-state index < -0.39 is 0 Å². The molecule has 3 rings (SSSR count). The SMILES string of the molecule is CCC(CC)n1nc(C(=O)N2CC[C@H]3[C@@H](C2)NC(=O)N3C)cc1C. The number of rotatable bonds is 4. The third-order valence-corrected chi connectivity index (χ3v) is 5.42. The van der Waals surface area contributed by atoms with Crippen LogP contribution in [0.15, 0.2) is 6.07 Å². The zero-order chi connectivity index (χ0) is 17.4. The topological polar surface area (TPSA) is 70.5 Å². The Morgan fingerprint density at radius 1 is 1.42 bits per heavy atom. The van der Waals surface area contributed by atoms with Crippen LogP contribution < -0.4 is 5.32 Å². The minimum atomic E-state index is -0.0480. The number of likely N-dealkylation sites (N-methyl/N-ethyl adjacent to an activating group) is 1. The van der Waals surface area contributed by atoms with Gasteiger partial charge in [-0.05, 0) is 32.3 Å². The van der Waals surface area contributed by atoms with Gasteiger partial charge in [0.15, 0.2) is 5.69 Å². The van der Waals surface area contributed by atoms with Gasteiger partial charge in [-0.3, -0.25) is 9.48 Å². The minimum Gasteiger partial charge on any atom is -0.335 e. The maximum atomic E-state index is 12.8. The molecule has 1 aromatic heterocycles. The van der Waals surface area contributed by atoms with Crippen LogP contribution >= 0.6 is 0 Å². The number of fused-ring (bicyclic) bond motifs is 1.